The maximum atomic E-state index is 13.3. The summed E-state index contributed by atoms with van der Waals surface area (Å²) in [5, 5.41) is 1.83. The summed E-state index contributed by atoms with van der Waals surface area (Å²) < 4.78 is 13.3. The molecule has 0 bridgehead atoms. The lowest BCUT2D eigenvalue weighted by molar-refractivity contribution is 0.620. The average Bonchev–Trinajstić information content (AvgIpc) is 2.23. The van der Waals surface area contributed by atoms with Gasteiger partial charge in [-0.25, -0.2) is 4.39 Å². The first kappa shape index (κ1) is 9.09. The van der Waals surface area contributed by atoms with E-state index in [1.807, 2.05) is 6.07 Å². The molecule has 1 heterocycles. The van der Waals surface area contributed by atoms with Crippen LogP contribution in [0.3, 0.4) is 0 Å². The van der Waals surface area contributed by atoms with Crippen LogP contribution in [0.5, 0.6) is 0 Å². The first-order valence-electron chi connectivity index (χ1n) is 4.47. The molecule has 2 rings (SSSR count). The number of fused-ring (bicyclic) bond motifs is 1. The van der Waals surface area contributed by atoms with Gasteiger partial charge in [0.25, 0.3) is 0 Å². The monoisotopic (exact) mass is 190 g/mol. The Bertz CT molecular complexity index is 480. The maximum absolute atomic E-state index is 13.3. The Balaban J connectivity index is 2.89. The minimum Gasteiger partial charge on any atom is -0.325 e. The number of rotatable bonds is 1. The predicted octanol–water partition coefficient (Wildman–Crippen LogP) is 2.14. The van der Waals surface area contributed by atoms with E-state index in [2.05, 4.69) is 4.98 Å². The van der Waals surface area contributed by atoms with Crippen molar-refractivity contribution in [2.24, 2.45) is 5.73 Å². The number of hydrogen-bond acceptors (Lipinski definition) is 2. The van der Waals surface area contributed by atoms with Crippen molar-refractivity contribution in [2.45, 2.75) is 13.5 Å². The molecular weight excluding hydrogens is 179 g/mol. The molecule has 1 aromatic heterocycles. The van der Waals surface area contributed by atoms with E-state index in [1.54, 1.807) is 19.2 Å². The summed E-state index contributed by atoms with van der Waals surface area (Å²) in [5.41, 5.74) is 6.92. The van der Waals surface area contributed by atoms with Gasteiger partial charge in [-0.2, -0.15) is 0 Å². The number of benzene rings is 1. The molecule has 0 unspecified atom stereocenters. The van der Waals surface area contributed by atoms with E-state index in [4.69, 9.17) is 5.73 Å². The minimum atomic E-state index is -0.208. The molecule has 3 heteroatoms. The summed E-state index contributed by atoms with van der Waals surface area (Å²) in [6, 6.07) is 5.08. The van der Waals surface area contributed by atoms with E-state index in [1.165, 1.54) is 6.07 Å². The fraction of sp³-hybridized carbons (Fsp3) is 0.182. The first-order chi connectivity index (χ1) is 6.74. The van der Waals surface area contributed by atoms with Crippen molar-refractivity contribution in [3.8, 4) is 0 Å². The molecule has 2 nitrogen and oxygen atoms in total. The summed E-state index contributed by atoms with van der Waals surface area (Å²) in [6.45, 7) is 2.08. The van der Waals surface area contributed by atoms with Gasteiger partial charge < -0.3 is 5.73 Å². The molecule has 0 aliphatic carbocycles. The number of hydrogen-bond donors (Lipinski definition) is 1. The second kappa shape index (κ2) is 3.35. The largest absolute Gasteiger partial charge is 0.325 e. The van der Waals surface area contributed by atoms with Crippen molar-refractivity contribution < 1.29 is 4.39 Å². The second-order valence-electron chi connectivity index (χ2n) is 3.23. The van der Waals surface area contributed by atoms with Crippen LogP contribution in [0.2, 0.25) is 0 Å². The number of nitrogens with two attached hydrogens (primary N) is 1. The Morgan fingerprint density at radius 2 is 2.14 bits per heavy atom. The van der Waals surface area contributed by atoms with Crippen molar-refractivity contribution in [1.82, 2.24) is 4.98 Å². The van der Waals surface area contributed by atoms with Gasteiger partial charge in [-0.3, -0.25) is 4.98 Å². The highest BCUT2D eigenvalue weighted by Gasteiger charge is 2.07. The molecule has 14 heavy (non-hydrogen) atoms. The molecule has 0 saturated carbocycles. The molecular formula is C11H11FN2. The van der Waals surface area contributed by atoms with E-state index in [0.717, 1.165) is 16.5 Å². The third-order valence-electron chi connectivity index (χ3n) is 2.40. The molecule has 0 saturated heterocycles. The fourth-order valence-corrected chi connectivity index (χ4v) is 1.66. The van der Waals surface area contributed by atoms with E-state index in [0.29, 0.717) is 12.1 Å². The van der Waals surface area contributed by atoms with Crippen LogP contribution in [0.4, 0.5) is 4.39 Å². The molecule has 0 spiro atoms. The van der Waals surface area contributed by atoms with Gasteiger partial charge in [0, 0.05) is 18.1 Å². The fourth-order valence-electron chi connectivity index (χ4n) is 1.66. The van der Waals surface area contributed by atoms with Crippen LogP contribution in [0, 0.1) is 12.7 Å². The van der Waals surface area contributed by atoms with Crippen LogP contribution < -0.4 is 5.73 Å². The second-order valence-corrected chi connectivity index (χ2v) is 3.23. The van der Waals surface area contributed by atoms with Gasteiger partial charge in [-0.15, -0.1) is 0 Å². The van der Waals surface area contributed by atoms with Gasteiger partial charge in [-0.1, -0.05) is 6.07 Å². The maximum Gasteiger partial charge on any atom is 0.126 e. The molecule has 0 radical (unpaired) electrons. The Morgan fingerprint density at radius 3 is 2.86 bits per heavy atom. The number of pyridine rings is 1. The Kier molecular flexibility index (Phi) is 2.17. The van der Waals surface area contributed by atoms with Crippen LogP contribution in [0.25, 0.3) is 10.8 Å². The number of aryl methyl sites for hydroxylation is 1. The van der Waals surface area contributed by atoms with Gasteiger partial charge >= 0.3 is 0 Å². The highest BCUT2D eigenvalue weighted by molar-refractivity contribution is 5.87. The number of nitrogens with zero attached hydrogens (tertiary/aromatic N) is 1. The number of halogens is 1. The molecule has 0 aliphatic heterocycles. The van der Waals surface area contributed by atoms with E-state index in [-0.39, 0.29) is 5.82 Å². The van der Waals surface area contributed by atoms with Crippen LogP contribution in [-0.4, -0.2) is 4.98 Å². The van der Waals surface area contributed by atoms with Gasteiger partial charge in [-0.05, 0) is 30.0 Å². The first-order valence-corrected chi connectivity index (χ1v) is 4.47. The van der Waals surface area contributed by atoms with Crippen molar-refractivity contribution in [3.05, 3.63) is 41.5 Å². The molecule has 0 atom stereocenters. The molecule has 0 amide bonds. The molecule has 1 aromatic carbocycles. The third-order valence-corrected chi connectivity index (χ3v) is 2.40. The van der Waals surface area contributed by atoms with Gasteiger partial charge in [0.1, 0.15) is 5.82 Å². The highest BCUT2D eigenvalue weighted by atomic mass is 19.1. The van der Waals surface area contributed by atoms with Gasteiger partial charge in [0.2, 0.25) is 0 Å². The minimum absolute atomic E-state index is 0.208. The smallest absolute Gasteiger partial charge is 0.126 e. The zero-order valence-corrected chi connectivity index (χ0v) is 7.92. The highest BCUT2D eigenvalue weighted by Crippen LogP contribution is 2.22. The summed E-state index contributed by atoms with van der Waals surface area (Å²) >= 11 is 0. The van der Waals surface area contributed by atoms with E-state index >= 15 is 0 Å². The normalized spacial score (nSPS) is 10.8. The van der Waals surface area contributed by atoms with Crippen molar-refractivity contribution in [1.29, 1.82) is 0 Å². The van der Waals surface area contributed by atoms with E-state index < -0.39 is 0 Å². The molecule has 72 valence electrons. The molecule has 2 aromatic rings. The van der Waals surface area contributed by atoms with Crippen molar-refractivity contribution in [2.75, 3.05) is 0 Å². The van der Waals surface area contributed by atoms with Crippen LogP contribution in [-0.2, 0) is 6.54 Å². The van der Waals surface area contributed by atoms with Crippen LogP contribution in [0.15, 0.2) is 24.4 Å². The Labute approximate surface area is 81.6 Å². The zero-order chi connectivity index (χ0) is 10.1. The molecule has 2 N–H and O–H groups in total. The zero-order valence-electron chi connectivity index (χ0n) is 7.92. The lowest BCUT2D eigenvalue weighted by Crippen LogP contribution is -2.01. The SMILES string of the molecule is Cc1c(F)ccc2ccnc(CN)c12. The summed E-state index contributed by atoms with van der Waals surface area (Å²) in [6.07, 6.45) is 1.70. The molecule has 0 fully saturated rings. The Hall–Kier alpha value is -1.48. The van der Waals surface area contributed by atoms with Crippen molar-refractivity contribution >= 4 is 10.8 Å². The Morgan fingerprint density at radius 1 is 1.36 bits per heavy atom. The van der Waals surface area contributed by atoms with Gasteiger partial charge in [0.05, 0.1) is 5.69 Å². The van der Waals surface area contributed by atoms with E-state index in [9.17, 15) is 4.39 Å². The van der Waals surface area contributed by atoms with Gasteiger partial charge in [0.15, 0.2) is 0 Å². The lowest BCUT2D eigenvalue weighted by atomic mass is 10.0. The van der Waals surface area contributed by atoms with Crippen molar-refractivity contribution in [3.63, 3.8) is 0 Å². The lowest BCUT2D eigenvalue weighted by Gasteiger charge is -2.06. The summed E-state index contributed by atoms with van der Waals surface area (Å²) in [4.78, 5) is 4.14. The van der Waals surface area contributed by atoms with Crippen LogP contribution >= 0.6 is 0 Å². The summed E-state index contributed by atoms with van der Waals surface area (Å²) in [7, 11) is 0. The average molecular weight is 190 g/mol. The topological polar surface area (TPSA) is 38.9 Å². The predicted molar refractivity (Wildman–Crippen MR) is 54.3 cm³/mol. The quantitative estimate of drug-likeness (QED) is 0.748. The standard InChI is InChI=1S/C11H11FN2/c1-7-9(12)3-2-8-4-5-14-10(6-13)11(7)8/h2-5H,6,13H2,1H3. The van der Waals surface area contributed by atoms with Crippen LogP contribution in [0.1, 0.15) is 11.3 Å². The summed E-state index contributed by atoms with van der Waals surface area (Å²) in [5.74, 6) is -0.208. The third kappa shape index (κ3) is 1.26. The molecule has 0 aliphatic rings. The number of aromatic nitrogens is 1.